The summed E-state index contributed by atoms with van der Waals surface area (Å²) in [6.07, 6.45) is 1.27. The molecule has 0 amide bonds. The van der Waals surface area contributed by atoms with Crippen LogP contribution in [0.4, 0.5) is 0 Å². The van der Waals surface area contributed by atoms with Crippen LogP contribution in [0.1, 0.15) is 34.1 Å². The van der Waals surface area contributed by atoms with Crippen molar-refractivity contribution < 1.29 is 0 Å². The summed E-state index contributed by atoms with van der Waals surface area (Å²) in [6.45, 7) is 10.7. The molecule has 0 unspecified atom stereocenters. The van der Waals surface area contributed by atoms with Crippen molar-refractivity contribution in [1.29, 1.82) is 0 Å². The third-order valence-corrected chi connectivity index (χ3v) is 1.41. The molecule has 70 valence electrons. The van der Waals surface area contributed by atoms with Gasteiger partial charge in [0.05, 0.1) is 0 Å². The van der Waals surface area contributed by atoms with Gasteiger partial charge in [-0.05, 0) is 18.9 Å². The van der Waals surface area contributed by atoms with Gasteiger partial charge in [-0.2, -0.15) is 12.6 Å². The summed E-state index contributed by atoms with van der Waals surface area (Å²) < 4.78 is 0. The number of hydrogen-bond acceptors (Lipinski definition) is 2. The normalized spacial score (nSPS) is 9.27. The third-order valence-electron chi connectivity index (χ3n) is 1.19. The van der Waals surface area contributed by atoms with Crippen LogP contribution in [-0.2, 0) is 0 Å². The second-order valence-corrected chi connectivity index (χ2v) is 3.10. The molecule has 1 N–H and O–H groups in total. The Bertz CT molecular complexity index is 55.5. The fourth-order valence-electron chi connectivity index (χ4n) is 0.595. The molecule has 0 aromatic rings. The first-order valence-electron chi connectivity index (χ1n) is 4.59. The summed E-state index contributed by atoms with van der Waals surface area (Å²) in [4.78, 5) is 0. The van der Waals surface area contributed by atoms with Gasteiger partial charge in [0, 0.05) is 12.3 Å². The highest BCUT2D eigenvalue weighted by molar-refractivity contribution is 7.80. The molecule has 0 saturated heterocycles. The van der Waals surface area contributed by atoms with Crippen LogP contribution in [0.3, 0.4) is 0 Å². The number of rotatable bonds is 5. The highest BCUT2D eigenvalue weighted by Gasteiger charge is 1.90. The van der Waals surface area contributed by atoms with Gasteiger partial charge in [0.1, 0.15) is 0 Å². The van der Waals surface area contributed by atoms with E-state index in [0.717, 1.165) is 24.8 Å². The molecule has 0 bridgehead atoms. The Morgan fingerprint density at radius 2 is 1.73 bits per heavy atom. The van der Waals surface area contributed by atoms with Crippen LogP contribution in [0.5, 0.6) is 0 Å². The molecule has 0 aliphatic rings. The van der Waals surface area contributed by atoms with Crippen LogP contribution in [-0.4, -0.2) is 18.8 Å². The minimum atomic E-state index is 0.817. The molecule has 0 radical (unpaired) electrons. The minimum absolute atomic E-state index is 0.817. The molecule has 0 aliphatic carbocycles. The van der Waals surface area contributed by atoms with Crippen molar-refractivity contribution >= 4 is 12.6 Å². The maximum Gasteiger partial charge on any atom is 0.00397 e. The van der Waals surface area contributed by atoms with Crippen molar-refractivity contribution in [2.45, 2.75) is 34.1 Å². The monoisotopic (exact) mass is 177 g/mol. The Hall–Kier alpha value is 0.310. The Labute approximate surface area is 77.4 Å². The van der Waals surface area contributed by atoms with E-state index in [9.17, 15) is 0 Å². The lowest BCUT2D eigenvalue weighted by Gasteiger charge is -2.04. The predicted molar refractivity (Wildman–Crippen MR) is 57.5 cm³/mol. The number of thiol groups is 1. The van der Waals surface area contributed by atoms with E-state index >= 15 is 0 Å². The summed E-state index contributed by atoms with van der Waals surface area (Å²) in [5, 5.41) is 3.29. The zero-order valence-corrected chi connectivity index (χ0v) is 9.25. The van der Waals surface area contributed by atoms with Crippen LogP contribution in [0, 0.1) is 5.92 Å². The fraction of sp³-hybridized carbons (Fsp3) is 1.00. The van der Waals surface area contributed by atoms with Crippen molar-refractivity contribution in [3.05, 3.63) is 0 Å². The highest BCUT2D eigenvalue weighted by Crippen LogP contribution is 1.95. The first-order valence-corrected chi connectivity index (χ1v) is 5.22. The lowest BCUT2D eigenvalue weighted by atomic mass is 10.1. The molecule has 0 heterocycles. The van der Waals surface area contributed by atoms with E-state index in [0.29, 0.717) is 0 Å². The van der Waals surface area contributed by atoms with Crippen LogP contribution in [0.25, 0.3) is 0 Å². The van der Waals surface area contributed by atoms with E-state index in [1.807, 2.05) is 13.8 Å². The van der Waals surface area contributed by atoms with Gasteiger partial charge in [-0.1, -0.05) is 27.7 Å². The molecular formula is C9H23NS. The molecule has 0 atom stereocenters. The van der Waals surface area contributed by atoms with Crippen LogP contribution in [0.15, 0.2) is 0 Å². The van der Waals surface area contributed by atoms with Gasteiger partial charge in [-0.15, -0.1) is 0 Å². The lowest BCUT2D eigenvalue weighted by Crippen LogP contribution is -2.18. The topological polar surface area (TPSA) is 12.0 Å². The quantitative estimate of drug-likeness (QED) is 0.486. The van der Waals surface area contributed by atoms with Gasteiger partial charge >= 0.3 is 0 Å². The second-order valence-electron chi connectivity index (χ2n) is 2.66. The van der Waals surface area contributed by atoms with Crippen molar-refractivity contribution in [2.75, 3.05) is 18.8 Å². The summed E-state index contributed by atoms with van der Waals surface area (Å²) >= 11 is 4.08. The fourth-order valence-corrected chi connectivity index (χ4v) is 0.753. The molecule has 11 heavy (non-hydrogen) atoms. The highest BCUT2D eigenvalue weighted by atomic mass is 32.1. The maximum atomic E-state index is 4.08. The summed E-state index contributed by atoms with van der Waals surface area (Å²) in [7, 11) is 0. The Morgan fingerprint density at radius 3 is 2.09 bits per heavy atom. The van der Waals surface area contributed by atoms with Crippen LogP contribution in [0.2, 0.25) is 0 Å². The Kier molecular flexibility index (Phi) is 16.3. The molecule has 2 heteroatoms. The number of hydrogen-bond donors (Lipinski definition) is 2. The summed E-state index contributed by atoms with van der Waals surface area (Å²) in [5.74, 6) is 1.76. The third kappa shape index (κ3) is 17.9. The van der Waals surface area contributed by atoms with E-state index in [-0.39, 0.29) is 0 Å². The van der Waals surface area contributed by atoms with Crippen LogP contribution >= 0.6 is 12.6 Å². The van der Waals surface area contributed by atoms with E-state index in [2.05, 4.69) is 31.8 Å². The average Bonchev–Trinajstić information content (AvgIpc) is 2.02. The van der Waals surface area contributed by atoms with Crippen molar-refractivity contribution in [3.63, 3.8) is 0 Å². The second kappa shape index (κ2) is 12.9. The molecule has 1 nitrogen and oxygen atoms in total. The smallest absolute Gasteiger partial charge is 0.00397 e. The van der Waals surface area contributed by atoms with Gasteiger partial charge < -0.3 is 5.32 Å². The van der Waals surface area contributed by atoms with Gasteiger partial charge in [0.2, 0.25) is 0 Å². The van der Waals surface area contributed by atoms with Gasteiger partial charge in [0.25, 0.3) is 0 Å². The van der Waals surface area contributed by atoms with E-state index in [1.54, 1.807) is 0 Å². The van der Waals surface area contributed by atoms with E-state index < -0.39 is 0 Å². The Morgan fingerprint density at radius 1 is 1.18 bits per heavy atom. The van der Waals surface area contributed by atoms with Gasteiger partial charge in [0.15, 0.2) is 0 Å². The number of nitrogens with one attached hydrogen (secondary N) is 1. The first-order chi connectivity index (χ1) is 5.27. The summed E-state index contributed by atoms with van der Waals surface area (Å²) in [5.41, 5.74) is 0. The molecule has 0 rings (SSSR count). The summed E-state index contributed by atoms with van der Waals surface area (Å²) in [6, 6.07) is 0. The minimum Gasteiger partial charge on any atom is -0.316 e. The Balaban J connectivity index is 0. The maximum absolute atomic E-state index is 4.08. The average molecular weight is 177 g/mol. The van der Waals surface area contributed by atoms with Crippen molar-refractivity contribution in [2.24, 2.45) is 5.92 Å². The molecular weight excluding hydrogens is 154 g/mol. The molecule has 0 saturated carbocycles. The van der Waals surface area contributed by atoms with Crippen molar-refractivity contribution in [1.82, 2.24) is 5.32 Å². The standard InChI is InChI=1S/C7H17NS.C2H6/c1-7(2)3-4-8-5-6-9;1-2/h7-9H,3-6H2,1-2H3;1-2H3. The lowest BCUT2D eigenvalue weighted by molar-refractivity contribution is 0.547. The van der Waals surface area contributed by atoms with Gasteiger partial charge in [-0.3, -0.25) is 0 Å². The zero-order valence-electron chi connectivity index (χ0n) is 8.35. The molecule has 0 aromatic heterocycles. The molecule has 0 aromatic carbocycles. The SMILES string of the molecule is CC.CC(C)CCNCCS. The van der Waals surface area contributed by atoms with Crippen molar-refractivity contribution in [3.8, 4) is 0 Å². The molecule has 0 spiro atoms. The molecule has 0 aliphatic heterocycles. The largest absolute Gasteiger partial charge is 0.316 e. The van der Waals surface area contributed by atoms with Gasteiger partial charge in [-0.25, -0.2) is 0 Å². The van der Waals surface area contributed by atoms with E-state index in [1.165, 1.54) is 6.42 Å². The zero-order chi connectivity index (χ0) is 9.11. The first kappa shape index (κ1) is 13.9. The predicted octanol–water partition coefficient (Wildman–Crippen LogP) is 2.58. The van der Waals surface area contributed by atoms with Crippen LogP contribution < -0.4 is 5.32 Å². The molecule has 0 fully saturated rings. The van der Waals surface area contributed by atoms with E-state index in [4.69, 9.17) is 0 Å².